The number of rotatable bonds is 3. The van der Waals surface area contributed by atoms with Crippen LogP contribution in [0.5, 0.6) is 0 Å². The van der Waals surface area contributed by atoms with E-state index in [2.05, 4.69) is 0 Å². The molecule has 98 valence electrons. The first kappa shape index (κ1) is 13.6. The summed E-state index contributed by atoms with van der Waals surface area (Å²) in [4.78, 5) is 12.3. The quantitative estimate of drug-likeness (QED) is 0.875. The third-order valence-corrected chi connectivity index (χ3v) is 4.49. The van der Waals surface area contributed by atoms with Gasteiger partial charge >= 0.3 is 0 Å². The molecule has 1 aliphatic heterocycles. The third kappa shape index (κ3) is 2.76. The van der Waals surface area contributed by atoms with E-state index >= 15 is 0 Å². The molecule has 3 N–H and O–H groups in total. The zero-order chi connectivity index (χ0) is 13.2. The molecule has 1 aliphatic rings. The molecule has 1 aromatic carbocycles. The maximum Gasteiger partial charge on any atom is 0.134 e. The Morgan fingerprint density at radius 3 is 3.00 bits per heavy atom. The number of hydrogen-bond donors (Lipinski definition) is 2. The SMILES string of the molecule is CC(=O)Cc1ccc2c(c1)C(O)(CN)CCCS2. The highest BCUT2D eigenvalue weighted by molar-refractivity contribution is 7.99. The molecule has 0 radical (unpaired) electrons. The van der Waals surface area contributed by atoms with Crippen molar-refractivity contribution in [2.45, 2.75) is 36.7 Å². The van der Waals surface area contributed by atoms with Crippen molar-refractivity contribution in [3.05, 3.63) is 29.3 Å². The van der Waals surface area contributed by atoms with Gasteiger partial charge in [-0.15, -0.1) is 11.8 Å². The van der Waals surface area contributed by atoms with E-state index in [-0.39, 0.29) is 12.3 Å². The third-order valence-electron chi connectivity index (χ3n) is 3.33. The van der Waals surface area contributed by atoms with E-state index in [1.165, 1.54) is 0 Å². The number of aliphatic hydroxyl groups is 1. The second kappa shape index (κ2) is 5.43. The number of Topliss-reactive ketones (excluding diaryl/α,β-unsaturated/α-hetero) is 1. The van der Waals surface area contributed by atoms with Gasteiger partial charge in [-0.05, 0) is 42.7 Å². The second-order valence-electron chi connectivity index (χ2n) is 4.90. The minimum Gasteiger partial charge on any atom is -0.384 e. The van der Waals surface area contributed by atoms with Crippen molar-refractivity contribution in [1.29, 1.82) is 0 Å². The first-order valence-corrected chi connectivity index (χ1v) is 7.22. The molecule has 0 saturated carbocycles. The Balaban J connectivity index is 2.43. The first-order valence-electron chi connectivity index (χ1n) is 6.23. The topological polar surface area (TPSA) is 63.3 Å². The van der Waals surface area contributed by atoms with Gasteiger partial charge in [-0.2, -0.15) is 0 Å². The Morgan fingerprint density at radius 2 is 2.33 bits per heavy atom. The Hall–Kier alpha value is -0.840. The zero-order valence-corrected chi connectivity index (χ0v) is 11.4. The molecule has 2 rings (SSSR count). The number of carbonyl (C=O) groups is 1. The van der Waals surface area contributed by atoms with Gasteiger partial charge in [0.15, 0.2) is 0 Å². The predicted molar refractivity (Wildman–Crippen MR) is 73.7 cm³/mol. The van der Waals surface area contributed by atoms with Crippen molar-refractivity contribution in [3.63, 3.8) is 0 Å². The summed E-state index contributed by atoms with van der Waals surface area (Å²) in [5.74, 6) is 1.13. The van der Waals surface area contributed by atoms with Gasteiger partial charge in [-0.1, -0.05) is 12.1 Å². The van der Waals surface area contributed by atoms with Crippen LogP contribution in [0, 0.1) is 0 Å². The Kier molecular flexibility index (Phi) is 4.10. The molecule has 0 aliphatic carbocycles. The van der Waals surface area contributed by atoms with Crippen molar-refractivity contribution >= 4 is 17.5 Å². The Bertz CT molecular complexity index is 461. The van der Waals surface area contributed by atoms with Gasteiger partial charge in [-0.25, -0.2) is 0 Å². The number of nitrogens with two attached hydrogens (primary N) is 1. The van der Waals surface area contributed by atoms with Crippen LogP contribution in [0.25, 0.3) is 0 Å². The van der Waals surface area contributed by atoms with E-state index in [1.54, 1.807) is 18.7 Å². The van der Waals surface area contributed by atoms with Crippen molar-refractivity contribution in [1.82, 2.24) is 0 Å². The van der Waals surface area contributed by atoms with Crippen LogP contribution in [0.3, 0.4) is 0 Å². The fourth-order valence-corrected chi connectivity index (χ4v) is 3.43. The molecule has 1 atom stereocenters. The van der Waals surface area contributed by atoms with Crippen LogP contribution in [0.4, 0.5) is 0 Å². The standard InChI is InChI=1S/C14H19NO2S/c1-10(16)7-11-3-4-13-12(8-11)14(17,9-15)5-2-6-18-13/h3-4,8,17H,2,5-7,9,15H2,1H3. The van der Waals surface area contributed by atoms with Crippen LogP contribution in [-0.2, 0) is 16.8 Å². The maximum absolute atomic E-state index is 11.2. The molecule has 1 unspecified atom stereocenters. The first-order chi connectivity index (χ1) is 8.55. The number of fused-ring (bicyclic) bond motifs is 1. The van der Waals surface area contributed by atoms with E-state index in [0.29, 0.717) is 12.8 Å². The number of thioether (sulfide) groups is 1. The lowest BCUT2D eigenvalue weighted by molar-refractivity contribution is -0.116. The van der Waals surface area contributed by atoms with Gasteiger partial charge in [0.05, 0.1) is 0 Å². The van der Waals surface area contributed by atoms with Gasteiger partial charge in [0.2, 0.25) is 0 Å². The summed E-state index contributed by atoms with van der Waals surface area (Å²) >= 11 is 1.75. The zero-order valence-electron chi connectivity index (χ0n) is 10.6. The average molecular weight is 265 g/mol. The lowest BCUT2D eigenvalue weighted by atomic mass is 9.88. The van der Waals surface area contributed by atoms with Crippen molar-refractivity contribution < 1.29 is 9.90 Å². The molecule has 1 aromatic rings. The number of ketones is 1. The highest BCUT2D eigenvalue weighted by atomic mass is 32.2. The molecule has 0 fully saturated rings. The number of hydrogen-bond acceptors (Lipinski definition) is 4. The van der Waals surface area contributed by atoms with E-state index in [1.807, 2.05) is 18.2 Å². The van der Waals surface area contributed by atoms with E-state index in [4.69, 9.17) is 5.73 Å². The van der Waals surface area contributed by atoms with Gasteiger partial charge in [0, 0.05) is 17.9 Å². The molecule has 0 amide bonds. The van der Waals surface area contributed by atoms with Crippen LogP contribution in [0.15, 0.2) is 23.1 Å². The summed E-state index contributed by atoms with van der Waals surface area (Å²) in [6, 6.07) is 5.92. The normalized spacial score (nSPS) is 23.3. The molecule has 3 nitrogen and oxygen atoms in total. The molecule has 0 aromatic heterocycles. The van der Waals surface area contributed by atoms with Gasteiger partial charge in [-0.3, -0.25) is 4.79 Å². The minimum absolute atomic E-state index is 0.132. The van der Waals surface area contributed by atoms with Crippen molar-refractivity contribution in [2.75, 3.05) is 12.3 Å². The van der Waals surface area contributed by atoms with Gasteiger partial charge in [0.25, 0.3) is 0 Å². The molecule has 0 saturated heterocycles. The summed E-state index contributed by atoms with van der Waals surface area (Å²) in [5, 5.41) is 10.6. The van der Waals surface area contributed by atoms with Crippen LogP contribution in [0.1, 0.15) is 30.9 Å². The summed E-state index contributed by atoms with van der Waals surface area (Å²) in [7, 11) is 0. The van der Waals surface area contributed by atoms with Crippen LogP contribution in [0.2, 0.25) is 0 Å². The van der Waals surface area contributed by atoms with Crippen LogP contribution >= 0.6 is 11.8 Å². The summed E-state index contributed by atoms with van der Waals surface area (Å²) in [6.07, 6.45) is 2.06. The molecular weight excluding hydrogens is 246 g/mol. The fourth-order valence-electron chi connectivity index (χ4n) is 2.36. The van der Waals surface area contributed by atoms with E-state index in [9.17, 15) is 9.90 Å². The van der Waals surface area contributed by atoms with Crippen molar-refractivity contribution in [3.8, 4) is 0 Å². The fraction of sp³-hybridized carbons (Fsp3) is 0.500. The van der Waals surface area contributed by atoms with E-state index < -0.39 is 5.60 Å². The maximum atomic E-state index is 11.2. The molecule has 18 heavy (non-hydrogen) atoms. The molecule has 0 bridgehead atoms. The molecule has 1 heterocycles. The van der Waals surface area contributed by atoms with Crippen LogP contribution < -0.4 is 5.73 Å². The monoisotopic (exact) mass is 265 g/mol. The molecule has 4 heteroatoms. The number of carbonyl (C=O) groups excluding carboxylic acids is 1. The van der Waals surface area contributed by atoms with Crippen LogP contribution in [-0.4, -0.2) is 23.2 Å². The lowest BCUT2D eigenvalue weighted by Crippen LogP contribution is -2.35. The summed E-state index contributed by atoms with van der Waals surface area (Å²) in [5.41, 5.74) is 6.66. The molecule has 0 spiro atoms. The smallest absolute Gasteiger partial charge is 0.134 e. The molecular formula is C14H19NO2S. The largest absolute Gasteiger partial charge is 0.384 e. The lowest BCUT2D eigenvalue weighted by Gasteiger charge is -2.27. The van der Waals surface area contributed by atoms with Gasteiger partial charge < -0.3 is 10.8 Å². The average Bonchev–Trinajstić information content (AvgIpc) is 2.50. The van der Waals surface area contributed by atoms with E-state index in [0.717, 1.165) is 28.2 Å². The highest BCUT2D eigenvalue weighted by Gasteiger charge is 2.32. The summed E-state index contributed by atoms with van der Waals surface area (Å²) < 4.78 is 0. The highest BCUT2D eigenvalue weighted by Crippen LogP contribution is 2.38. The Labute approximate surface area is 112 Å². The summed E-state index contributed by atoms with van der Waals surface area (Å²) in [6.45, 7) is 1.81. The van der Waals surface area contributed by atoms with Gasteiger partial charge in [0.1, 0.15) is 11.4 Å². The van der Waals surface area contributed by atoms with Crippen molar-refractivity contribution in [2.24, 2.45) is 5.73 Å². The minimum atomic E-state index is -0.939. The second-order valence-corrected chi connectivity index (χ2v) is 6.03. The Morgan fingerprint density at radius 1 is 1.56 bits per heavy atom. The number of benzene rings is 1. The predicted octanol–water partition coefficient (Wildman–Crippen LogP) is 1.85.